The van der Waals surface area contributed by atoms with E-state index in [9.17, 15) is 34.7 Å². The fourth-order valence-corrected chi connectivity index (χ4v) is 11.2. The van der Waals surface area contributed by atoms with Gasteiger partial charge in [-0.2, -0.15) is 0 Å². The van der Waals surface area contributed by atoms with Crippen LogP contribution in [0.25, 0.3) is 5.69 Å². The molecule has 3 fully saturated rings. The number of methoxy groups -OCH3 is 2. The molecule has 6 rings (SSSR count). The highest BCUT2D eigenvalue weighted by Gasteiger charge is 2.51. The third kappa shape index (κ3) is 13.8. The Labute approximate surface area is 436 Å². The maximum atomic E-state index is 14.9. The molecule has 0 aliphatic carbocycles. The molecule has 19 atom stereocenters. The molecule has 3 aromatic rings. The van der Waals surface area contributed by atoms with Crippen LogP contribution < -0.4 is 0 Å². The number of carbonyl (C=O) groups is 1. The number of benzene rings is 1. The summed E-state index contributed by atoms with van der Waals surface area (Å²) < 4.78 is 62.0. The molecule has 3 aliphatic rings. The van der Waals surface area contributed by atoms with E-state index in [4.69, 9.17) is 33.2 Å². The van der Waals surface area contributed by atoms with Crippen LogP contribution in [0.15, 0.2) is 49.2 Å². The molecule has 5 N–H and O–H groups in total. The number of alkyl halides is 1. The van der Waals surface area contributed by atoms with Crippen molar-refractivity contribution in [2.75, 3.05) is 48.1 Å². The molecule has 0 amide bonds. The van der Waals surface area contributed by atoms with Gasteiger partial charge in [0.2, 0.25) is 0 Å². The standard InChI is InChI=1S/C53H86FN7O13/c1-14-42-53(9,67)47(63)34(5)59(11)28-31(2)25-51(7,66)43(24-41(33(4)49(65)73-42)72-44-26-52(8,69-13)48(64)35(6)71-44)74-50-45(62)39(23-32(3)70-50)58(10)21-19-37-29-61(57-56-37)40(27-54)46(68-12)36-15-17-38(18-16-36)60-22-20-55-30-60/h15-18,20,22,29-35,39-48,50,62-64,66-67H,14,19,21,23-28H2,1-13H3/t31-,32-,33-,34-,35+,39+,40-,41+,42-,43-,44+,45-,46-,47-,48+,50+,51-,52-,53-/m1/s1. The lowest BCUT2D eigenvalue weighted by Gasteiger charge is -2.47. The molecule has 0 unspecified atom stereocenters. The first kappa shape index (κ1) is 59.7. The number of esters is 1. The predicted molar refractivity (Wildman–Crippen MR) is 271 cm³/mol. The first-order valence-electron chi connectivity index (χ1n) is 26.2. The second kappa shape index (κ2) is 25.3. The first-order chi connectivity index (χ1) is 34.9. The van der Waals surface area contributed by atoms with Gasteiger partial charge in [-0.1, -0.05) is 31.2 Å². The molecule has 3 aliphatic heterocycles. The maximum Gasteiger partial charge on any atom is 0.311 e. The van der Waals surface area contributed by atoms with E-state index in [1.54, 1.807) is 60.3 Å². The quantitative estimate of drug-likeness (QED) is 0.128. The smallest absolute Gasteiger partial charge is 0.311 e. The Morgan fingerprint density at radius 3 is 2.30 bits per heavy atom. The minimum absolute atomic E-state index is 0.0911. The molecule has 1 aromatic carbocycles. The summed E-state index contributed by atoms with van der Waals surface area (Å²) >= 11 is 0. The summed E-state index contributed by atoms with van der Waals surface area (Å²) in [5, 5.41) is 68.2. The van der Waals surface area contributed by atoms with Gasteiger partial charge in [0.1, 0.15) is 48.8 Å². The van der Waals surface area contributed by atoms with Crippen molar-refractivity contribution in [3.8, 4) is 5.69 Å². The Kier molecular flexibility index (Phi) is 20.4. The molecular weight excluding hydrogens is 962 g/mol. The monoisotopic (exact) mass is 1050 g/mol. The number of likely N-dealkylation sites (N-methyl/N-ethyl adjacent to an activating group) is 2. The third-order valence-electron chi connectivity index (χ3n) is 16.1. The average molecular weight is 1050 g/mol. The van der Waals surface area contributed by atoms with Crippen LogP contribution in [0.3, 0.4) is 0 Å². The topological polar surface area (TPSA) is 238 Å². The number of nitrogens with zero attached hydrogens (tertiary/aromatic N) is 7. The van der Waals surface area contributed by atoms with Gasteiger partial charge in [-0.15, -0.1) is 5.10 Å². The van der Waals surface area contributed by atoms with Crippen LogP contribution in [0, 0.1) is 11.8 Å². The van der Waals surface area contributed by atoms with Gasteiger partial charge in [0.25, 0.3) is 0 Å². The normalized spacial score (nSPS) is 38.2. The lowest BCUT2D eigenvalue weighted by atomic mass is 9.83. The number of rotatable bonds is 16. The summed E-state index contributed by atoms with van der Waals surface area (Å²) in [7, 11) is 6.74. The number of aliphatic hydroxyl groups is 5. The van der Waals surface area contributed by atoms with Crippen molar-refractivity contribution < 1.29 is 67.9 Å². The molecule has 0 radical (unpaired) electrons. The lowest BCUT2D eigenvalue weighted by molar-refractivity contribution is -0.308. The highest BCUT2D eigenvalue weighted by Crippen LogP contribution is 2.39. The van der Waals surface area contributed by atoms with Crippen LogP contribution >= 0.6 is 0 Å². The second-order valence-electron chi connectivity index (χ2n) is 22.1. The predicted octanol–water partition coefficient (Wildman–Crippen LogP) is 3.94. The molecule has 0 spiro atoms. The van der Waals surface area contributed by atoms with Crippen LogP contribution in [0.5, 0.6) is 0 Å². The summed E-state index contributed by atoms with van der Waals surface area (Å²) in [4.78, 5) is 22.4. The number of carbonyl (C=O) groups excluding carboxylic acids is 1. The van der Waals surface area contributed by atoms with Crippen molar-refractivity contribution in [1.82, 2.24) is 34.3 Å². The lowest BCUT2D eigenvalue weighted by Crippen LogP contribution is -2.59. The van der Waals surface area contributed by atoms with Crippen LogP contribution in [0.2, 0.25) is 0 Å². The van der Waals surface area contributed by atoms with E-state index in [1.165, 1.54) is 25.8 Å². The fourth-order valence-electron chi connectivity index (χ4n) is 11.2. The van der Waals surface area contributed by atoms with Crippen LogP contribution in [0.4, 0.5) is 4.39 Å². The molecule has 74 heavy (non-hydrogen) atoms. The van der Waals surface area contributed by atoms with Gasteiger partial charge < -0.3 is 73.1 Å². The Balaban J connectivity index is 1.23. The number of cyclic esters (lactones) is 1. The number of imidazole rings is 1. The fraction of sp³-hybridized carbons (Fsp3) is 0.774. The minimum Gasteiger partial charge on any atom is -0.459 e. The van der Waals surface area contributed by atoms with Crippen molar-refractivity contribution in [3.05, 3.63) is 60.4 Å². The van der Waals surface area contributed by atoms with Crippen LogP contribution in [-0.2, 0) is 44.4 Å². The van der Waals surface area contributed by atoms with Crippen molar-refractivity contribution in [1.29, 1.82) is 0 Å². The van der Waals surface area contributed by atoms with Crippen molar-refractivity contribution >= 4 is 5.97 Å². The molecule has 20 nitrogen and oxygen atoms in total. The third-order valence-corrected chi connectivity index (χ3v) is 16.1. The van der Waals surface area contributed by atoms with Gasteiger partial charge in [0.05, 0.1) is 53.6 Å². The van der Waals surface area contributed by atoms with Gasteiger partial charge >= 0.3 is 5.97 Å². The zero-order valence-corrected chi connectivity index (χ0v) is 45.7. The molecule has 3 saturated heterocycles. The number of hydrogen-bond acceptors (Lipinski definition) is 18. The van der Waals surface area contributed by atoms with Gasteiger partial charge in [-0.25, -0.2) is 14.1 Å². The number of hydrogen-bond donors (Lipinski definition) is 5. The van der Waals surface area contributed by atoms with Crippen molar-refractivity contribution in [2.24, 2.45) is 11.8 Å². The molecule has 0 bridgehead atoms. The summed E-state index contributed by atoms with van der Waals surface area (Å²) in [6, 6.07) is 5.76. The zero-order chi connectivity index (χ0) is 54.4. The molecule has 418 valence electrons. The largest absolute Gasteiger partial charge is 0.459 e. The van der Waals surface area contributed by atoms with Gasteiger partial charge in [0.15, 0.2) is 12.6 Å². The van der Waals surface area contributed by atoms with Crippen LogP contribution in [-0.4, -0.2) is 204 Å². The summed E-state index contributed by atoms with van der Waals surface area (Å²) in [5.41, 5.74) is -2.26. The Morgan fingerprint density at radius 2 is 1.68 bits per heavy atom. The Hall–Kier alpha value is -3.55. The Morgan fingerprint density at radius 1 is 0.973 bits per heavy atom. The number of ether oxygens (including phenoxy) is 7. The second-order valence-corrected chi connectivity index (χ2v) is 22.1. The zero-order valence-electron chi connectivity index (χ0n) is 45.7. The summed E-state index contributed by atoms with van der Waals surface area (Å²) in [6.45, 7) is 15.7. The maximum absolute atomic E-state index is 14.9. The van der Waals surface area contributed by atoms with E-state index in [0.717, 1.165) is 11.3 Å². The first-order valence-corrected chi connectivity index (χ1v) is 26.2. The highest BCUT2D eigenvalue weighted by molar-refractivity contribution is 5.73. The minimum atomic E-state index is -1.84. The summed E-state index contributed by atoms with van der Waals surface area (Å²) in [6.07, 6.45) is -2.69. The van der Waals surface area contributed by atoms with E-state index in [-0.39, 0.29) is 31.6 Å². The molecule has 5 heterocycles. The molecular formula is C53H86FN7O13. The van der Waals surface area contributed by atoms with E-state index < -0.39 is 121 Å². The van der Waals surface area contributed by atoms with E-state index >= 15 is 0 Å². The Bertz CT molecular complexity index is 2190. The van der Waals surface area contributed by atoms with E-state index in [1.807, 2.05) is 72.8 Å². The summed E-state index contributed by atoms with van der Waals surface area (Å²) in [5.74, 6) is -1.99. The van der Waals surface area contributed by atoms with Gasteiger partial charge in [0, 0.05) is 82.9 Å². The highest BCUT2D eigenvalue weighted by atomic mass is 19.1. The molecule has 2 aromatic heterocycles. The van der Waals surface area contributed by atoms with Crippen molar-refractivity contribution in [2.45, 2.75) is 203 Å². The number of aliphatic hydroxyl groups excluding tert-OH is 3. The van der Waals surface area contributed by atoms with E-state index in [2.05, 4.69) is 15.3 Å². The van der Waals surface area contributed by atoms with Crippen molar-refractivity contribution in [3.63, 3.8) is 0 Å². The van der Waals surface area contributed by atoms with E-state index in [0.29, 0.717) is 31.6 Å². The average Bonchev–Trinajstić information content (AvgIpc) is 4.08. The van der Waals surface area contributed by atoms with Crippen LogP contribution in [0.1, 0.15) is 118 Å². The molecule has 21 heteroatoms. The number of halogens is 1. The number of aromatic nitrogens is 5. The van der Waals surface area contributed by atoms with Gasteiger partial charge in [-0.3, -0.25) is 4.79 Å². The molecule has 0 saturated carbocycles. The SMILES string of the molecule is CC[C@H]1OC(=O)[C@H](C)[C@@H](O[C@H]2C[C@@](C)(OC)[C@@H](O)[C@H](C)O2)C[C@@H](O[C@@H]2O[C@H](C)C[C@H](N(C)CCc3cn([C@H](CF)[C@H](OC)c4ccc(-n5ccnc5)cc4)nn3)[C@H]2O)[C@](C)(O)C[C@@H](C)CN(C)[C@H](C)[C@@H](O)[C@]1(C)O. The van der Waals surface area contributed by atoms with Gasteiger partial charge in [-0.05, 0) is 105 Å².